The lowest BCUT2D eigenvalue weighted by molar-refractivity contribution is -0.138. The van der Waals surface area contributed by atoms with E-state index < -0.39 is 21.9 Å². The molecule has 0 unspecified atom stereocenters. The van der Waals surface area contributed by atoms with E-state index in [4.69, 9.17) is 5.11 Å². The summed E-state index contributed by atoms with van der Waals surface area (Å²) in [7, 11) is -3.36. The van der Waals surface area contributed by atoms with E-state index >= 15 is 0 Å². The number of carbonyl (C=O) groups is 2. The second kappa shape index (κ2) is 6.38. The second-order valence-electron chi connectivity index (χ2n) is 4.35. The van der Waals surface area contributed by atoms with Crippen molar-refractivity contribution < 1.29 is 23.1 Å². The van der Waals surface area contributed by atoms with Crippen LogP contribution in [0.15, 0.2) is 18.2 Å². The monoisotopic (exact) mass is 300 g/mol. The Morgan fingerprint density at radius 2 is 1.90 bits per heavy atom. The van der Waals surface area contributed by atoms with Gasteiger partial charge in [-0.3, -0.25) is 14.3 Å². The van der Waals surface area contributed by atoms with Crippen molar-refractivity contribution in [3.8, 4) is 0 Å². The topological polar surface area (TPSA) is 113 Å². The molecule has 20 heavy (non-hydrogen) atoms. The molecule has 0 saturated carbocycles. The molecule has 110 valence electrons. The Morgan fingerprint density at radius 3 is 2.40 bits per heavy atom. The number of hydrogen-bond acceptors (Lipinski definition) is 4. The van der Waals surface area contributed by atoms with E-state index in [0.29, 0.717) is 16.9 Å². The lowest BCUT2D eigenvalue weighted by Gasteiger charge is -2.10. The van der Waals surface area contributed by atoms with Gasteiger partial charge < -0.3 is 10.4 Å². The Bertz CT molecular complexity index is 625. The molecular weight excluding hydrogens is 284 g/mol. The van der Waals surface area contributed by atoms with Gasteiger partial charge in [-0.1, -0.05) is 0 Å². The van der Waals surface area contributed by atoms with E-state index in [1.807, 2.05) is 0 Å². The highest BCUT2D eigenvalue weighted by molar-refractivity contribution is 7.92. The SMILES string of the molecule is Cc1cc(NC(=O)CCC(=O)O)ccc1NS(C)(=O)=O. The number of carboxylic acid groups (broad SMARTS) is 1. The fourth-order valence-electron chi connectivity index (χ4n) is 1.50. The minimum atomic E-state index is -3.36. The van der Waals surface area contributed by atoms with Crippen molar-refractivity contribution in [2.45, 2.75) is 19.8 Å². The number of benzene rings is 1. The third-order valence-corrected chi connectivity index (χ3v) is 2.96. The van der Waals surface area contributed by atoms with Crippen LogP contribution in [0.3, 0.4) is 0 Å². The Kier molecular flexibility index (Phi) is 5.09. The lowest BCUT2D eigenvalue weighted by Crippen LogP contribution is -2.14. The third kappa shape index (κ3) is 5.70. The Labute approximate surface area is 117 Å². The van der Waals surface area contributed by atoms with E-state index in [9.17, 15) is 18.0 Å². The van der Waals surface area contributed by atoms with Crippen molar-refractivity contribution in [2.75, 3.05) is 16.3 Å². The van der Waals surface area contributed by atoms with E-state index in [1.54, 1.807) is 19.1 Å². The molecule has 0 aliphatic carbocycles. The number of rotatable bonds is 6. The Hall–Kier alpha value is -2.09. The molecule has 0 aromatic heterocycles. The first-order valence-corrected chi connectivity index (χ1v) is 7.66. The average Bonchev–Trinajstić information content (AvgIpc) is 2.28. The zero-order chi connectivity index (χ0) is 15.3. The maximum atomic E-state index is 11.5. The van der Waals surface area contributed by atoms with Gasteiger partial charge in [0.05, 0.1) is 18.4 Å². The van der Waals surface area contributed by atoms with Crippen molar-refractivity contribution in [1.82, 2.24) is 0 Å². The highest BCUT2D eigenvalue weighted by Crippen LogP contribution is 2.20. The largest absolute Gasteiger partial charge is 0.481 e. The van der Waals surface area contributed by atoms with Gasteiger partial charge >= 0.3 is 5.97 Å². The molecule has 7 nitrogen and oxygen atoms in total. The highest BCUT2D eigenvalue weighted by Gasteiger charge is 2.08. The number of amides is 1. The van der Waals surface area contributed by atoms with E-state index in [0.717, 1.165) is 6.26 Å². The molecule has 0 aliphatic rings. The molecule has 0 aliphatic heterocycles. The first-order chi connectivity index (χ1) is 9.17. The van der Waals surface area contributed by atoms with Crippen LogP contribution in [0.2, 0.25) is 0 Å². The molecule has 8 heteroatoms. The summed E-state index contributed by atoms with van der Waals surface area (Å²) in [4.78, 5) is 21.8. The highest BCUT2D eigenvalue weighted by atomic mass is 32.2. The minimum Gasteiger partial charge on any atom is -0.481 e. The van der Waals surface area contributed by atoms with Gasteiger partial charge in [-0.05, 0) is 30.7 Å². The molecule has 0 radical (unpaired) electrons. The molecule has 0 atom stereocenters. The van der Waals surface area contributed by atoms with Crippen LogP contribution in [0.5, 0.6) is 0 Å². The molecule has 3 N–H and O–H groups in total. The first kappa shape index (κ1) is 16.0. The van der Waals surface area contributed by atoms with Gasteiger partial charge in [-0.2, -0.15) is 0 Å². The number of anilines is 2. The van der Waals surface area contributed by atoms with E-state index in [1.165, 1.54) is 6.07 Å². The maximum Gasteiger partial charge on any atom is 0.303 e. The number of hydrogen-bond donors (Lipinski definition) is 3. The average molecular weight is 300 g/mol. The van der Waals surface area contributed by atoms with Crippen LogP contribution in [0.1, 0.15) is 18.4 Å². The van der Waals surface area contributed by atoms with Gasteiger partial charge in [0, 0.05) is 12.1 Å². The van der Waals surface area contributed by atoms with Gasteiger partial charge in [-0.25, -0.2) is 8.42 Å². The molecule has 0 saturated heterocycles. The van der Waals surface area contributed by atoms with Crippen molar-refractivity contribution >= 4 is 33.3 Å². The summed E-state index contributed by atoms with van der Waals surface area (Å²) >= 11 is 0. The van der Waals surface area contributed by atoms with Crippen LogP contribution in [0, 0.1) is 6.92 Å². The molecule has 0 spiro atoms. The van der Waals surface area contributed by atoms with E-state index in [-0.39, 0.29) is 12.8 Å². The molecule has 1 amide bonds. The third-order valence-electron chi connectivity index (χ3n) is 2.37. The normalized spacial score (nSPS) is 10.9. The van der Waals surface area contributed by atoms with E-state index in [2.05, 4.69) is 10.0 Å². The van der Waals surface area contributed by atoms with Gasteiger partial charge in [-0.15, -0.1) is 0 Å². The Morgan fingerprint density at radius 1 is 1.25 bits per heavy atom. The van der Waals surface area contributed by atoms with Gasteiger partial charge in [0.15, 0.2) is 0 Å². The molecular formula is C12H16N2O5S. The molecule has 0 bridgehead atoms. The van der Waals surface area contributed by atoms with Crippen LogP contribution in [-0.2, 0) is 19.6 Å². The summed E-state index contributed by atoms with van der Waals surface area (Å²) in [5.41, 5.74) is 1.56. The number of aryl methyl sites for hydroxylation is 1. The summed E-state index contributed by atoms with van der Waals surface area (Å²) in [6.07, 6.45) is 0.699. The first-order valence-electron chi connectivity index (χ1n) is 5.77. The van der Waals surface area contributed by atoms with Gasteiger partial charge in [0.2, 0.25) is 15.9 Å². The van der Waals surface area contributed by atoms with Gasteiger partial charge in [0.25, 0.3) is 0 Å². The number of nitrogens with one attached hydrogen (secondary N) is 2. The fourth-order valence-corrected chi connectivity index (χ4v) is 2.13. The molecule has 1 rings (SSSR count). The summed E-state index contributed by atoms with van der Waals surface area (Å²) in [6.45, 7) is 1.69. The summed E-state index contributed by atoms with van der Waals surface area (Å²) in [5, 5.41) is 11.0. The second-order valence-corrected chi connectivity index (χ2v) is 6.09. The summed E-state index contributed by atoms with van der Waals surface area (Å²) in [6, 6.07) is 4.68. The van der Waals surface area contributed by atoms with Crippen molar-refractivity contribution in [1.29, 1.82) is 0 Å². The van der Waals surface area contributed by atoms with Crippen molar-refractivity contribution in [2.24, 2.45) is 0 Å². The van der Waals surface area contributed by atoms with Crippen LogP contribution < -0.4 is 10.0 Å². The van der Waals surface area contributed by atoms with Crippen LogP contribution in [0.4, 0.5) is 11.4 Å². The fraction of sp³-hybridized carbons (Fsp3) is 0.333. The minimum absolute atomic E-state index is 0.113. The molecule has 1 aromatic carbocycles. The number of carbonyl (C=O) groups excluding carboxylic acids is 1. The quantitative estimate of drug-likeness (QED) is 0.730. The number of carboxylic acids is 1. The van der Waals surface area contributed by atoms with Gasteiger partial charge in [0.1, 0.15) is 0 Å². The predicted octanol–water partition coefficient (Wildman–Crippen LogP) is 1.17. The molecule has 1 aromatic rings. The lowest BCUT2D eigenvalue weighted by atomic mass is 10.2. The van der Waals surface area contributed by atoms with Crippen molar-refractivity contribution in [3.05, 3.63) is 23.8 Å². The summed E-state index contributed by atoms with van der Waals surface area (Å²) in [5.74, 6) is -1.44. The number of aliphatic carboxylic acids is 1. The van der Waals surface area contributed by atoms with Crippen LogP contribution >= 0.6 is 0 Å². The van der Waals surface area contributed by atoms with Crippen LogP contribution in [0.25, 0.3) is 0 Å². The zero-order valence-electron chi connectivity index (χ0n) is 11.1. The van der Waals surface area contributed by atoms with Crippen molar-refractivity contribution in [3.63, 3.8) is 0 Å². The maximum absolute atomic E-state index is 11.5. The molecule has 0 heterocycles. The molecule has 0 fully saturated rings. The zero-order valence-corrected chi connectivity index (χ0v) is 12.0. The summed E-state index contributed by atoms with van der Waals surface area (Å²) < 4.78 is 24.6. The number of sulfonamides is 1. The standard InChI is InChI=1S/C12H16N2O5S/c1-8-7-9(13-11(15)5-6-12(16)17)3-4-10(8)14-20(2,18)19/h3-4,7,14H,5-6H2,1-2H3,(H,13,15)(H,16,17). The Balaban J connectivity index is 2.72. The predicted molar refractivity (Wildman–Crippen MR) is 75.1 cm³/mol. The smallest absolute Gasteiger partial charge is 0.303 e. The van der Waals surface area contributed by atoms with Crippen LogP contribution in [-0.4, -0.2) is 31.7 Å².